The second-order valence-corrected chi connectivity index (χ2v) is 9.94. The van der Waals surface area contributed by atoms with E-state index in [4.69, 9.17) is 9.47 Å². The van der Waals surface area contributed by atoms with E-state index in [0.29, 0.717) is 30.9 Å². The topological polar surface area (TPSA) is 84.9 Å². The highest BCUT2D eigenvalue weighted by Gasteiger charge is 2.39. The smallest absolute Gasteiger partial charge is 0.253 e. The number of rotatable bonds is 7. The van der Waals surface area contributed by atoms with Crippen LogP contribution in [0.3, 0.4) is 0 Å². The van der Waals surface area contributed by atoms with Crippen LogP contribution in [0.5, 0.6) is 11.5 Å². The number of hydrogen-bond acceptors (Lipinski definition) is 6. The van der Waals surface area contributed by atoms with E-state index in [1.807, 2.05) is 6.92 Å². The van der Waals surface area contributed by atoms with Crippen molar-refractivity contribution in [2.75, 3.05) is 20.8 Å². The van der Waals surface area contributed by atoms with Crippen molar-refractivity contribution in [1.29, 1.82) is 0 Å². The number of benzene rings is 1. The predicted octanol–water partition coefficient (Wildman–Crippen LogP) is 2.54. The van der Waals surface area contributed by atoms with Gasteiger partial charge < -0.3 is 14.8 Å². The Kier molecular flexibility index (Phi) is 6.26. The molecule has 0 unspecified atom stereocenters. The Morgan fingerprint density at radius 1 is 1.25 bits per heavy atom. The molecule has 1 fully saturated rings. The Balaban J connectivity index is 1.74. The van der Waals surface area contributed by atoms with Crippen molar-refractivity contribution in [1.82, 2.24) is 9.62 Å². The quantitative estimate of drug-likeness (QED) is 0.738. The molecule has 0 aliphatic carbocycles. The van der Waals surface area contributed by atoms with E-state index in [0.717, 1.165) is 10.4 Å². The maximum Gasteiger partial charge on any atom is 0.253 e. The van der Waals surface area contributed by atoms with Crippen LogP contribution in [0.4, 0.5) is 0 Å². The van der Waals surface area contributed by atoms with Crippen LogP contribution in [-0.2, 0) is 21.4 Å². The van der Waals surface area contributed by atoms with E-state index in [-0.39, 0.29) is 16.7 Å². The first kappa shape index (κ1) is 20.6. The predicted molar refractivity (Wildman–Crippen MR) is 107 cm³/mol. The Bertz CT molecular complexity index is 955. The van der Waals surface area contributed by atoms with Gasteiger partial charge in [-0.05, 0) is 50.1 Å². The molecule has 3 rings (SSSR count). The van der Waals surface area contributed by atoms with Crippen LogP contribution in [0.25, 0.3) is 0 Å². The van der Waals surface area contributed by atoms with Crippen LogP contribution in [0.15, 0.2) is 34.5 Å². The van der Waals surface area contributed by atoms with Crippen LogP contribution in [0.2, 0.25) is 0 Å². The Hall–Kier alpha value is -2.10. The van der Waals surface area contributed by atoms with Gasteiger partial charge in [0.05, 0.1) is 14.2 Å². The van der Waals surface area contributed by atoms with Crippen molar-refractivity contribution in [3.63, 3.8) is 0 Å². The van der Waals surface area contributed by atoms with E-state index in [1.165, 1.54) is 15.6 Å². The maximum atomic E-state index is 12.9. The number of ether oxygens (including phenoxy) is 2. The van der Waals surface area contributed by atoms with Crippen LogP contribution < -0.4 is 14.8 Å². The van der Waals surface area contributed by atoms with Gasteiger partial charge in [0.2, 0.25) is 5.91 Å². The van der Waals surface area contributed by atoms with Gasteiger partial charge in [-0.3, -0.25) is 4.79 Å². The minimum atomic E-state index is -3.67. The second-order valence-electron chi connectivity index (χ2n) is 6.53. The number of carbonyl (C=O) groups excluding carboxylic acids is 1. The maximum absolute atomic E-state index is 12.9. The number of aryl methyl sites for hydroxylation is 1. The van der Waals surface area contributed by atoms with E-state index >= 15 is 0 Å². The molecule has 1 atom stereocenters. The standard InChI is InChI=1S/C19H24N2O5S2/c1-13-6-9-18(27-13)28(23,24)21-10-4-5-16(21)19(22)20-12-14-11-15(25-2)7-8-17(14)26-3/h6-9,11,16H,4-5,10,12H2,1-3H3,(H,20,22)/t16-/m0/s1. The van der Waals surface area contributed by atoms with Crippen molar-refractivity contribution < 1.29 is 22.7 Å². The lowest BCUT2D eigenvalue weighted by Gasteiger charge is -2.23. The molecule has 1 aliphatic rings. The highest BCUT2D eigenvalue weighted by molar-refractivity contribution is 7.91. The Morgan fingerprint density at radius 2 is 2.04 bits per heavy atom. The van der Waals surface area contributed by atoms with E-state index in [1.54, 1.807) is 44.6 Å². The first-order valence-corrected chi connectivity index (χ1v) is 11.2. The average molecular weight is 425 g/mol. The van der Waals surface area contributed by atoms with Crippen LogP contribution in [0.1, 0.15) is 23.3 Å². The third-order valence-electron chi connectivity index (χ3n) is 4.73. The number of amides is 1. The number of sulfonamides is 1. The summed E-state index contributed by atoms with van der Waals surface area (Å²) in [6.45, 7) is 2.43. The zero-order chi connectivity index (χ0) is 20.3. The van der Waals surface area contributed by atoms with Crippen molar-refractivity contribution in [3.8, 4) is 11.5 Å². The summed E-state index contributed by atoms with van der Waals surface area (Å²) >= 11 is 1.22. The highest BCUT2D eigenvalue weighted by Crippen LogP contribution is 2.30. The lowest BCUT2D eigenvalue weighted by atomic mass is 10.1. The van der Waals surface area contributed by atoms with Gasteiger partial charge in [-0.25, -0.2) is 8.42 Å². The SMILES string of the molecule is COc1ccc(OC)c(CNC(=O)[C@@H]2CCCN2S(=O)(=O)c2ccc(C)s2)c1. The normalized spacial score (nSPS) is 17.5. The zero-order valence-electron chi connectivity index (χ0n) is 16.1. The number of methoxy groups -OCH3 is 2. The third kappa shape index (κ3) is 4.16. The largest absolute Gasteiger partial charge is 0.497 e. The molecule has 0 saturated carbocycles. The second kappa shape index (κ2) is 8.50. The fraction of sp³-hybridized carbons (Fsp3) is 0.421. The molecule has 1 aromatic heterocycles. The molecule has 152 valence electrons. The molecule has 2 heterocycles. The number of hydrogen-bond donors (Lipinski definition) is 1. The molecular formula is C19H24N2O5S2. The minimum Gasteiger partial charge on any atom is -0.497 e. The molecule has 0 spiro atoms. The molecule has 1 amide bonds. The van der Waals surface area contributed by atoms with Gasteiger partial charge in [0, 0.05) is 23.5 Å². The van der Waals surface area contributed by atoms with Crippen LogP contribution >= 0.6 is 11.3 Å². The minimum absolute atomic E-state index is 0.224. The third-order valence-corrected chi connectivity index (χ3v) is 8.10. The molecule has 28 heavy (non-hydrogen) atoms. The molecule has 1 aromatic carbocycles. The summed E-state index contributed by atoms with van der Waals surface area (Å²) in [5, 5.41) is 2.85. The van der Waals surface area contributed by atoms with E-state index in [9.17, 15) is 13.2 Å². The van der Waals surface area contributed by atoms with Crippen molar-refractivity contribution in [2.24, 2.45) is 0 Å². The molecule has 1 N–H and O–H groups in total. The highest BCUT2D eigenvalue weighted by atomic mass is 32.2. The summed E-state index contributed by atoms with van der Waals surface area (Å²) in [4.78, 5) is 13.7. The zero-order valence-corrected chi connectivity index (χ0v) is 17.7. The lowest BCUT2D eigenvalue weighted by Crippen LogP contribution is -2.45. The Labute approximate surface area is 169 Å². The lowest BCUT2D eigenvalue weighted by molar-refractivity contribution is -0.124. The molecule has 0 bridgehead atoms. The van der Waals surface area contributed by atoms with Gasteiger partial charge in [-0.1, -0.05) is 0 Å². The summed E-state index contributed by atoms with van der Waals surface area (Å²) < 4.78 is 38.0. The molecule has 1 aliphatic heterocycles. The van der Waals surface area contributed by atoms with Crippen molar-refractivity contribution in [2.45, 2.75) is 36.6 Å². The Morgan fingerprint density at radius 3 is 2.68 bits per heavy atom. The summed E-state index contributed by atoms with van der Waals surface area (Å²) in [7, 11) is -0.548. The molecule has 0 radical (unpaired) electrons. The number of carbonyl (C=O) groups is 1. The fourth-order valence-electron chi connectivity index (χ4n) is 3.28. The summed E-state index contributed by atoms with van der Waals surface area (Å²) in [6.07, 6.45) is 1.16. The summed E-state index contributed by atoms with van der Waals surface area (Å²) in [6, 6.07) is 8.01. The fourth-order valence-corrected chi connectivity index (χ4v) is 6.35. The first-order chi connectivity index (χ1) is 13.4. The molecule has 9 heteroatoms. The first-order valence-electron chi connectivity index (χ1n) is 8.93. The van der Waals surface area contributed by atoms with Gasteiger partial charge in [0.15, 0.2) is 0 Å². The average Bonchev–Trinajstić information content (AvgIpc) is 3.35. The number of nitrogens with zero attached hydrogens (tertiary/aromatic N) is 1. The van der Waals surface area contributed by atoms with E-state index in [2.05, 4.69) is 5.32 Å². The molecule has 7 nitrogen and oxygen atoms in total. The summed E-state index contributed by atoms with van der Waals surface area (Å²) in [5.41, 5.74) is 0.761. The molecule has 1 saturated heterocycles. The van der Waals surface area contributed by atoms with Gasteiger partial charge in [0.1, 0.15) is 21.8 Å². The number of thiophene rings is 1. The molecular weight excluding hydrogens is 400 g/mol. The van der Waals surface area contributed by atoms with Crippen LogP contribution in [0, 0.1) is 6.92 Å². The van der Waals surface area contributed by atoms with Gasteiger partial charge in [-0.15, -0.1) is 11.3 Å². The van der Waals surface area contributed by atoms with Gasteiger partial charge >= 0.3 is 0 Å². The molecule has 2 aromatic rings. The van der Waals surface area contributed by atoms with Crippen LogP contribution in [-0.4, -0.2) is 45.4 Å². The van der Waals surface area contributed by atoms with Gasteiger partial charge in [-0.2, -0.15) is 4.31 Å². The van der Waals surface area contributed by atoms with Gasteiger partial charge in [0.25, 0.3) is 10.0 Å². The van der Waals surface area contributed by atoms with Crippen molar-refractivity contribution in [3.05, 3.63) is 40.8 Å². The summed E-state index contributed by atoms with van der Waals surface area (Å²) in [5.74, 6) is 0.980. The van der Waals surface area contributed by atoms with E-state index < -0.39 is 16.1 Å². The monoisotopic (exact) mass is 424 g/mol. The number of nitrogens with one attached hydrogen (secondary N) is 1. The van der Waals surface area contributed by atoms with Crippen molar-refractivity contribution >= 4 is 27.3 Å².